The molecule has 0 spiro atoms. The van der Waals surface area contributed by atoms with E-state index in [2.05, 4.69) is 31.2 Å². The molecule has 2 aromatic rings. The molecule has 0 aliphatic heterocycles. The van der Waals surface area contributed by atoms with E-state index in [1.807, 2.05) is 17.8 Å². The van der Waals surface area contributed by atoms with Crippen molar-refractivity contribution in [3.63, 3.8) is 0 Å². The first-order valence-corrected chi connectivity index (χ1v) is 6.99. The molecule has 0 aromatic carbocycles. The number of amides is 1. The number of aromatic nitrogens is 3. The van der Waals surface area contributed by atoms with Gasteiger partial charge in [0, 0.05) is 30.6 Å². The normalized spacial score (nSPS) is 11.3. The fourth-order valence-corrected chi connectivity index (χ4v) is 2.50. The van der Waals surface area contributed by atoms with Crippen molar-refractivity contribution in [2.45, 2.75) is 46.6 Å². The summed E-state index contributed by atoms with van der Waals surface area (Å²) in [6.07, 6.45) is 3.08. The fraction of sp³-hybridized carbons (Fsp3) is 0.533. The Morgan fingerprint density at radius 1 is 1.40 bits per heavy atom. The van der Waals surface area contributed by atoms with Crippen LogP contribution in [0, 0.1) is 13.8 Å². The highest BCUT2D eigenvalue weighted by Gasteiger charge is 2.15. The van der Waals surface area contributed by atoms with Crippen LogP contribution in [0.25, 0.3) is 11.0 Å². The maximum atomic E-state index is 11.4. The summed E-state index contributed by atoms with van der Waals surface area (Å²) >= 11 is 0. The molecule has 5 heteroatoms. The summed E-state index contributed by atoms with van der Waals surface area (Å²) in [5.74, 6) is 0.0572. The molecule has 1 amide bonds. The van der Waals surface area contributed by atoms with Crippen molar-refractivity contribution in [1.82, 2.24) is 20.1 Å². The van der Waals surface area contributed by atoms with E-state index in [1.165, 1.54) is 5.56 Å². The summed E-state index contributed by atoms with van der Waals surface area (Å²) in [4.78, 5) is 16.1. The number of nitrogens with zero attached hydrogens (tertiary/aromatic N) is 3. The van der Waals surface area contributed by atoms with Crippen molar-refractivity contribution in [3.8, 4) is 0 Å². The third kappa shape index (κ3) is 2.53. The molecular formula is C15H22N4O. The second-order valence-corrected chi connectivity index (χ2v) is 5.39. The van der Waals surface area contributed by atoms with Gasteiger partial charge in [-0.2, -0.15) is 5.10 Å². The van der Waals surface area contributed by atoms with Crippen LogP contribution in [0.5, 0.6) is 0 Å². The van der Waals surface area contributed by atoms with Gasteiger partial charge in [0.1, 0.15) is 0 Å². The summed E-state index contributed by atoms with van der Waals surface area (Å²) in [5.41, 5.74) is 4.26. The van der Waals surface area contributed by atoms with Gasteiger partial charge in [0.25, 0.3) is 0 Å². The minimum Gasteiger partial charge on any atom is -0.359 e. The summed E-state index contributed by atoms with van der Waals surface area (Å²) in [6.45, 7) is 8.28. The van der Waals surface area contributed by atoms with Gasteiger partial charge in [-0.1, -0.05) is 0 Å². The van der Waals surface area contributed by atoms with Crippen LogP contribution in [0.15, 0.2) is 6.20 Å². The van der Waals surface area contributed by atoms with E-state index in [1.54, 1.807) is 7.05 Å². The molecule has 1 N–H and O–H groups in total. The van der Waals surface area contributed by atoms with E-state index in [-0.39, 0.29) is 11.9 Å². The monoisotopic (exact) mass is 274 g/mol. The Hall–Kier alpha value is -1.91. The summed E-state index contributed by atoms with van der Waals surface area (Å²) in [6, 6.07) is 0.288. The number of nitrogens with one attached hydrogen (secondary N) is 1. The zero-order valence-electron chi connectivity index (χ0n) is 12.8. The Labute approximate surface area is 119 Å². The highest BCUT2D eigenvalue weighted by Crippen LogP contribution is 2.25. The number of aryl methyl sites for hydroxylation is 2. The number of fused-ring (bicyclic) bond motifs is 1. The lowest BCUT2D eigenvalue weighted by molar-refractivity contribution is -0.120. The van der Waals surface area contributed by atoms with Crippen LogP contribution in [-0.2, 0) is 11.2 Å². The Morgan fingerprint density at radius 2 is 2.10 bits per heavy atom. The van der Waals surface area contributed by atoms with Crippen LogP contribution in [0.3, 0.4) is 0 Å². The second-order valence-electron chi connectivity index (χ2n) is 5.39. The van der Waals surface area contributed by atoms with E-state index < -0.39 is 0 Å². The average molecular weight is 274 g/mol. The molecule has 108 valence electrons. The lowest BCUT2D eigenvalue weighted by atomic mass is 10.0. The first-order chi connectivity index (χ1) is 9.45. The second kappa shape index (κ2) is 5.61. The SMILES string of the molecule is CNC(=O)CCc1c(C)nc2c(cnn2C(C)C)c1C. The van der Waals surface area contributed by atoms with Crippen LogP contribution in [0.2, 0.25) is 0 Å². The lowest BCUT2D eigenvalue weighted by Crippen LogP contribution is -2.18. The first-order valence-electron chi connectivity index (χ1n) is 6.99. The molecule has 0 aliphatic rings. The third-order valence-corrected chi connectivity index (χ3v) is 3.71. The summed E-state index contributed by atoms with van der Waals surface area (Å²) < 4.78 is 1.94. The Kier molecular flexibility index (Phi) is 4.06. The molecule has 2 heterocycles. The van der Waals surface area contributed by atoms with Gasteiger partial charge in [0.05, 0.1) is 6.20 Å². The van der Waals surface area contributed by atoms with Crippen LogP contribution in [0.1, 0.15) is 43.1 Å². The van der Waals surface area contributed by atoms with Gasteiger partial charge in [-0.3, -0.25) is 4.79 Å². The minimum atomic E-state index is 0.0572. The molecule has 2 rings (SSSR count). The predicted octanol–water partition coefficient (Wildman–Crippen LogP) is 2.31. The van der Waals surface area contributed by atoms with E-state index in [0.717, 1.165) is 22.3 Å². The Morgan fingerprint density at radius 3 is 2.70 bits per heavy atom. The fourth-order valence-electron chi connectivity index (χ4n) is 2.50. The highest BCUT2D eigenvalue weighted by molar-refractivity contribution is 5.81. The van der Waals surface area contributed by atoms with E-state index in [4.69, 9.17) is 4.98 Å². The van der Waals surface area contributed by atoms with Crippen molar-refractivity contribution < 1.29 is 4.79 Å². The maximum Gasteiger partial charge on any atom is 0.220 e. The smallest absolute Gasteiger partial charge is 0.220 e. The third-order valence-electron chi connectivity index (χ3n) is 3.71. The number of carbonyl (C=O) groups is 1. The van der Waals surface area contributed by atoms with Gasteiger partial charge in [-0.15, -0.1) is 0 Å². The quantitative estimate of drug-likeness (QED) is 0.930. The largest absolute Gasteiger partial charge is 0.359 e. The van der Waals surface area contributed by atoms with Crippen LogP contribution < -0.4 is 5.32 Å². The highest BCUT2D eigenvalue weighted by atomic mass is 16.1. The minimum absolute atomic E-state index is 0.0572. The van der Waals surface area contributed by atoms with E-state index in [0.29, 0.717) is 12.8 Å². The molecule has 0 saturated heterocycles. The number of pyridine rings is 1. The van der Waals surface area contributed by atoms with Crippen molar-refractivity contribution in [1.29, 1.82) is 0 Å². The summed E-state index contributed by atoms with van der Waals surface area (Å²) in [5, 5.41) is 8.16. The molecule has 5 nitrogen and oxygen atoms in total. The average Bonchev–Trinajstić information content (AvgIpc) is 2.81. The zero-order valence-corrected chi connectivity index (χ0v) is 12.8. The maximum absolute atomic E-state index is 11.4. The Bertz CT molecular complexity index is 643. The molecular weight excluding hydrogens is 252 g/mol. The standard InChI is InChI=1S/C15H22N4O/c1-9(2)19-15-13(8-17-19)10(3)12(11(4)18-15)6-7-14(20)16-5/h8-9H,6-7H2,1-5H3,(H,16,20). The number of hydrogen-bond acceptors (Lipinski definition) is 3. The molecule has 0 radical (unpaired) electrons. The van der Waals surface area contributed by atoms with Gasteiger partial charge < -0.3 is 5.32 Å². The Balaban J connectivity index is 2.45. The van der Waals surface area contributed by atoms with Gasteiger partial charge in [-0.05, 0) is 45.2 Å². The molecule has 0 unspecified atom stereocenters. The number of hydrogen-bond donors (Lipinski definition) is 1. The van der Waals surface area contributed by atoms with Gasteiger partial charge in [0.15, 0.2) is 5.65 Å². The number of carbonyl (C=O) groups excluding carboxylic acids is 1. The van der Waals surface area contributed by atoms with Crippen molar-refractivity contribution in [2.24, 2.45) is 0 Å². The van der Waals surface area contributed by atoms with Crippen molar-refractivity contribution >= 4 is 16.9 Å². The van der Waals surface area contributed by atoms with E-state index in [9.17, 15) is 4.79 Å². The lowest BCUT2D eigenvalue weighted by Gasteiger charge is -2.12. The van der Waals surface area contributed by atoms with Crippen LogP contribution in [0.4, 0.5) is 0 Å². The first kappa shape index (κ1) is 14.5. The molecule has 20 heavy (non-hydrogen) atoms. The van der Waals surface area contributed by atoms with E-state index >= 15 is 0 Å². The topological polar surface area (TPSA) is 59.8 Å². The van der Waals surface area contributed by atoms with Gasteiger partial charge in [0.2, 0.25) is 5.91 Å². The van der Waals surface area contributed by atoms with Crippen LogP contribution in [-0.4, -0.2) is 27.7 Å². The predicted molar refractivity (Wildman–Crippen MR) is 79.8 cm³/mol. The van der Waals surface area contributed by atoms with Crippen LogP contribution >= 0.6 is 0 Å². The molecule has 0 atom stereocenters. The molecule has 0 fully saturated rings. The molecule has 2 aromatic heterocycles. The zero-order chi connectivity index (χ0) is 14.9. The summed E-state index contributed by atoms with van der Waals surface area (Å²) in [7, 11) is 1.66. The molecule has 0 bridgehead atoms. The number of rotatable bonds is 4. The van der Waals surface area contributed by atoms with Crippen molar-refractivity contribution in [2.75, 3.05) is 7.05 Å². The van der Waals surface area contributed by atoms with Crippen molar-refractivity contribution in [3.05, 3.63) is 23.0 Å². The van der Waals surface area contributed by atoms with Gasteiger partial charge >= 0.3 is 0 Å². The van der Waals surface area contributed by atoms with Gasteiger partial charge in [-0.25, -0.2) is 9.67 Å². The molecule has 0 aliphatic carbocycles. The molecule has 0 saturated carbocycles.